The number of ether oxygens (including phenoxy) is 2. The van der Waals surface area contributed by atoms with Gasteiger partial charge >= 0.3 is 12.2 Å². The fraction of sp³-hybridized carbons (Fsp3) is 0.276. The van der Waals surface area contributed by atoms with E-state index in [4.69, 9.17) is 9.47 Å². The number of benzene rings is 3. The van der Waals surface area contributed by atoms with Crippen LogP contribution in [0.4, 0.5) is 29.3 Å². The second-order valence-corrected chi connectivity index (χ2v) is 9.47. The predicted molar refractivity (Wildman–Crippen MR) is 151 cm³/mol. The highest BCUT2D eigenvalue weighted by Crippen LogP contribution is 2.35. The minimum Gasteiger partial charge on any atom is -0.495 e. The van der Waals surface area contributed by atoms with Crippen LogP contribution in [0.2, 0.25) is 0 Å². The number of halogens is 3. The number of hydrogen-bond donors (Lipinski definition) is 2. The Balaban J connectivity index is 0.000000572. The number of aryl methyl sites for hydroxylation is 1. The summed E-state index contributed by atoms with van der Waals surface area (Å²) in [6.07, 6.45) is -0.318. The predicted octanol–water partition coefficient (Wildman–Crippen LogP) is 6.11. The molecule has 0 radical (unpaired) electrons. The number of nitrogens with one attached hydrogen (secondary N) is 2. The topological polar surface area (TPSA) is 97.7 Å². The normalized spacial score (nSPS) is 13.3. The Labute approximate surface area is 234 Å². The van der Waals surface area contributed by atoms with E-state index in [1.165, 1.54) is 50.0 Å². The van der Waals surface area contributed by atoms with Crippen LogP contribution in [-0.2, 0) is 13.2 Å². The van der Waals surface area contributed by atoms with Gasteiger partial charge in [0.15, 0.2) is 0 Å². The number of amides is 2. The third-order valence-corrected chi connectivity index (χ3v) is 6.32. The molecule has 1 saturated heterocycles. The highest BCUT2D eigenvalue weighted by atomic mass is 19.4. The Hall–Kier alpha value is -4.58. The zero-order chi connectivity index (χ0) is 29.6. The van der Waals surface area contributed by atoms with E-state index in [-0.39, 0.29) is 17.0 Å². The Morgan fingerprint density at radius 2 is 1.68 bits per heavy atom. The molecule has 41 heavy (non-hydrogen) atoms. The van der Waals surface area contributed by atoms with Crippen LogP contribution in [0, 0.1) is 0 Å². The first-order valence-electron chi connectivity index (χ1n) is 12.8. The number of hydrogen-bond acceptors (Lipinski definition) is 6. The van der Waals surface area contributed by atoms with Gasteiger partial charge in [0.25, 0.3) is 5.56 Å². The number of rotatable bonds is 5. The molecule has 1 aliphatic heterocycles. The van der Waals surface area contributed by atoms with Crippen molar-refractivity contribution >= 4 is 28.3 Å². The lowest BCUT2D eigenvalue weighted by Gasteiger charge is -2.14. The average Bonchev–Trinajstić information content (AvgIpc) is 3.42. The molecular formula is C29H30F3N5O4. The lowest BCUT2D eigenvalue weighted by Crippen LogP contribution is -2.20. The molecule has 1 aliphatic rings. The first-order valence-corrected chi connectivity index (χ1v) is 12.8. The van der Waals surface area contributed by atoms with Gasteiger partial charge in [-0.05, 0) is 81.5 Å². The molecule has 0 atom stereocenters. The number of fused-ring (bicyclic) bond motifs is 1. The lowest BCUT2D eigenvalue weighted by molar-refractivity contribution is -0.137. The van der Waals surface area contributed by atoms with Gasteiger partial charge in [0, 0.05) is 18.8 Å². The maximum atomic E-state index is 13.0. The second-order valence-electron chi connectivity index (χ2n) is 9.47. The first-order chi connectivity index (χ1) is 19.5. The number of anilines is 2. The van der Waals surface area contributed by atoms with Gasteiger partial charge in [0.1, 0.15) is 17.2 Å². The van der Waals surface area contributed by atoms with Gasteiger partial charge in [-0.1, -0.05) is 6.07 Å². The van der Waals surface area contributed by atoms with E-state index in [1.54, 1.807) is 43.4 Å². The molecule has 12 heteroatoms. The number of aromatic nitrogens is 2. The van der Waals surface area contributed by atoms with Crippen molar-refractivity contribution < 1.29 is 27.4 Å². The highest BCUT2D eigenvalue weighted by Gasteiger charge is 2.31. The summed E-state index contributed by atoms with van der Waals surface area (Å²) >= 11 is 0. The summed E-state index contributed by atoms with van der Waals surface area (Å²) in [5.74, 6) is 0.819. The lowest BCUT2D eigenvalue weighted by atomic mass is 10.2. The highest BCUT2D eigenvalue weighted by molar-refractivity contribution is 6.00. The van der Waals surface area contributed by atoms with Crippen molar-refractivity contribution in [3.8, 4) is 17.2 Å². The van der Waals surface area contributed by atoms with Gasteiger partial charge in [0.05, 0.1) is 35.6 Å². The monoisotopic (exact) mass is 569 g/mol. The van der Waals surface area contributed by atoms with Crippen molar-refractivity contribution in [3.63, 3.8) is 0 Å². The third-order valence-electron chi connectivity index (χ3n) is 6.32. The van der Waals surface area contributed by atoms with Crippen LogP contribution in [-0.4, -0.2) is 47.7 Å². The quantitative estimate of drug-likeness (QED) is 0.301. The number of methoxy groups -OCH3 is 1. The van der Waals surface area contributed by atoms with E-state index in [0.717, 1.165) is 18.2 Å². The Morgan fingerprint density at radius 1 is 0.951 bits per heavy atom. The van der Waals surface area contributed by atoms with E-state index in [2.05, 4.69) is 27.6 Å². The molecule has 0 aliphatic carbocycles. The summed E-state index contributed by atoms with van der Waals surface area (Å²) < 4.78 is 51.3. The summed E-state index contributed by atoms with van der Waals surface area (Å²) in [5, 5.41) is 5.29. The van der Waals surface area contributed by atoms with Gasteiger partial charge in [-0.3, -0.25) is 4.79 Å². The first kappa shape index (κ1) is 29.4. The van der Waals surface area contributed by atoms with Crippen molar-refractivity contribution in [3.05, 3.63) is 82.9 Å². The number of carbonyl (C=O) groups is 1. The summed E-state index contributed by atoms with van der Waals surface area (Å²) in [5.41, 5.74) is -0.442. The molecule has 0 unspecified atom stereocenters. The average molecular weight is 570 g/mol. The van der Waals surface area contributed by atoms with Gasteiger partial charge in [-0.2, -0.15) is 13.2 Å². The van der Waals surface area contributed by atoms with E-state index in [0.29, 0.717) is 28.1 Å². The number of urea groups is 1. The summed E-state index contributed by atoms with van der Waals surface area (Å²) in [4.78, 5) is 31.3. The second kappa shape index (κ2) is 12.7. The number of carbonyl (C=O) groups excluding carboxylic acids is 1. The Kier molecular flexibility index (Phi) is 9.13. The maximum absolute atomic E-state index is 13.0. The molecule has 5 rings (SSSR count). The zero-order valence-corrected chi connectivity index (χ0v) is 22.8. The molecule has 4 aromatic rings. The molecule has 1 fully saturated rings. The minimum atomic E-state index is -4.58. The van der Waals surface area contributed by atoms with Crippen molar-refractivity contribution in [2.45, 2.75) is 19.0 Å². The maximum Gasteiger partial charge on any atom is 0.416 e. The number of nitrogens with zero attached hydrogens (tertiary/aromatic N) is 3. The molecule has 216 valence electrons. The van der Waals surface area contributed by atoms with E-state index in [1.807, 2.05) is 0 Å². The molecule has 2 amide bonds. The van der Waals surface area contributed by atoms with E-state index >= 15 is 0 Å². The van der Waals surface area contributed by atoms with Crippen LogP contribution < -0.4 is 25.7 Å². The molecule has 3 aromatic carbocycles. The zero-order valence-electron chi connectivity index (χ0n) is 22.8. The Morgan fingerprint density at radius 3 is 2.34 bits per heavy atom. The van der Waals surface area contributed by atoms with Crippen molar-refractivity contribution in [1.29, 1.82) is 0 Å². The van der Waals surface area contributed by atoms with Crippen LogP contribution >= 0.6 is 0 Å². The molecule has 2 heterocycles. The third kappa shape index (κ3) is 7.76. The molecule has 2 N–H and O–H groups in total. The van der Waals surface area contributed by atoms with Crippen LogP contribution in [0.1, 0.15) is 18.4 Å². The molecule has 1 aromatic heterocycles. The van der Waals surface area contributed by atoms with Gasteiger partial charge in [-0.25, -0.2) is 9.78 Å². The van der Waals surface area contributed by atoms with E-state index < -0.39 is 17.8 Å². The fourth-order valence-electron chi connectivity index (χ4n) is 4.17. The van der Waals surface area contributed by atoms with Crippen molar-refractivity contribution in [2.75, 3.05) is 37.9 Å². The number of likely N-dealkylation sites (tertiary alicyclic amines) is 1. The summed E-state index contributed by atoms with van der Waals surface area (Å²) in [7, 11) is 5.05. The standard InChI is InChI=1S/C24H19F3N4O4.C5H11N/c1-31-13-28-19-8-7-17(12-18(19)22(31)32)35-16-5-3-4-15(11-16)29-23(33)30-20-10-14(24(25,26)27)6-9-21(20)34-2;1-6-4-2-3-5-6/h3-13H,1-2H3,(H2,29,30,33);2-5H2,1H3. The summed E-state index contributed by atoms with van der Waals surface area (Å²) in [6.45, 7) is 2.64. The van der Waals surface area contributed by atoms with Gasteiger partial charge in [-0.15, -0.1) is 0 Å². The molecular weight excluding hydrogens is 539 g/mol. The van der Waals surface area contributed by atoms with Gasteiger partial charge < -0.3 is 29.6 Å². The largest absolute Gasteiger partial charge is 0.495 e. The molecule has 0 saturated carbocycles. The van der Waals surface area contributed by atoms with Crippen LogP contribution in [0.25, 0.3) is 10.9 Å². The van der Waals surface area contributed by atoms with Crippen molar-refractivity contribution in [1.82, 2.24) is 14.5 Å². The Bertz CT molecular complexity index is 1580. The molecule has 0 spiro atoms. The molecule has 9 nitrogen and oxygen atoms in total. The van der Waals surface area contributed by atoms with E-state index in [9.17, 15) is 22.8 Å². The van der Waals surface area contributed by atoms with Crippen LogP contribution in [0.3, 0.4) is 0 Å². The van der Waals surface area contributed by atoms with Gasteiger partial charge in [0.2, 0.25) is 0 Å². The van der Waals surface area contributed by atoms with Crippen LogP contribution in [0.5, 0.6) is 17.2 Å². The minimum absolute atomic E-state index is 0.0715. The SMILES string of the molecule is CN1CCCC1.COc1ccc(C(F)(F)F)cc1NC(=O)Nc1cccc(Oc2ccc3ncn(C)c(=O)c3c2)c1. The fourth-order valence-corrected chi connectivity index (χ4v) is 4.17. The van der Waals surface area contributed by atoms with Crippen LogP contribution in [0.15, 0.2) is 71.8 Å². The summed E-state index contributed by atoms with van der Waals surface area (Å²) in [6, 6.07) is 13.2. The smallest absolute Gasteiger partial charge is 0.416 e. The number of alkyl halides is 3. The van der Waals surface area contributed by atoms with Crippen molar-refractivity contribution in [2.24, 2.45) is 7.05 Å². The molecule has 0 bridgehead atoms.